The predicted octanol–water partition coefficient (Wildman–Crippen LogP) is 7.05. The average Bonchev–Trinajstić information content (AvgIpc) is 3.42. The fraction of sp³-hybridized carbons (Fsp3) is 0.367. The minimum atomic E-state index is -5.10. The number of rotatable bonds is 6. The maximum Gasteiger partial charge on any atom is 0.416 e. The number of alkyl halides is 6. The number of nitrogens with zero attached hydrogens (tertiary/aromatic N) is 2. The zero-order chi connectivity index (χ0) is 32.1. The van der Waals surface area contributed by atoms with Crippen LogP contribution in [0.3, 0.4) is 0 Å². The Kier molecular flexibility index (Phi) is 8.35. The molecule has 1 aromatic heterocycles. The van der Waals surface area contributed by atoms with Gasteiger partial charge in [0, 0.05) is 12.6 Å². The van der Waals surface area contributed by atoms with Gasteiger partial charge in [-0.05, 0) is 86.7 Å². The van der Waals surface area contributed by atoms with Crippen molar-refractivity contribution < 1.29 is 45.4 Å². The molecule has 1 saturated heterocycles. The standard InChI is InChI=1S/C30H28F7N3O3/c1-15-9-19(31)5-6-20(15)21-13-24(22-7-8-23(39-22)26(41)42)38-14-25(21)40(4)27(43)28(2,3)16-10-17(29(32,33)34)12-18(11-16)30(35,36)37/h5-6,9-14,22-23,39H,7-8H2,1-4H3,(H,41,42)/t22-,23?/m1/s1. The summed E-state index contributed by atoms with van der Waals surface area (Å²) in [5.74, 6) is -2.38. The molecule has 2 atom stereocenters. The summed E-state index contributed by atoms with van der Waals surface area (Å²) < 4.78 is 95.3. The van der Waals surface area contributed by atoms with Gasteiger partial charge in [-0.3, -0.25) is 19.9 Å². The Bertz CT molecular complexity index is 1540. The number of hydrogen-bond acceptors (Lipinski definition) is 4. The molecule has 0 bridgehead atoms. The monoisotopic (exact) mass is 611 g/mol. The Morgan fingerprint density at radius 2 is 1.49 bits per heavy atom. The molecule has 1 unspecified atom stereocenters. The van der Waals surface area contributed by atoms with E-state index in [4.69, 9.17) is 0 Å². The van der Waals surface area contributed by atoms with Gasteiger partial charge in [-0.1, -0.05) is 6.07 Å². The summed E-state index contributed by atoms with van der Waals surface area (Å²) in [6.45, 7) is 4.07. The van der Waals surface area contributed by atoms with Gasteiger partial charge in [-0.25, -0.2) is 4.39 Å². The van der Waals surface area contributed by atoms with Crippen molar-refractivity contribution in [1.82, 2.24) is 10.3 Å². The minimum absolute atomic E-state index is 0.00218. The summed E-state index contributed by atoms with van der Waals surface area (Å²) >= 11 is 0. The number of amides is 1. The Balaban J connectivity index is 1.81. The molecule has 3 aromatic rings. The molecule has 43 heavy (non-hydrogen) atoms. The molecular weight excluding hydrogens is 583 g/mol. The van der Waals surface area contributed by atoms with Gasteiger partial charge in [0.15, 0.2) is 0 Å². The van der Waals surface area contributed by atoms with Crippen molar-refractivity contribution in [2.45, 2.75) is 63.5 Å². The summed E-state index contributed by atoms with van der Waals surface area (Å²) in [7, 11) is 1.32. The van der Waals surface area contributed by atoms with Crippen LogP contribution in [0.15, 0.2) is 48.7 Å². The van der Waals surface area contributed by atoms with E-state index in [-0.39, 0.29) is 11.8 Å². The third-order valence-electron chi connectivity index (χ3n) is 7.69. The number of nitrogens with one attached hydrogen (secondary N) is 1. The highest BCUT2D eigenvalue weighted by Gasteiger charge is 2.41. The average molecular weight is 612 g/mol. The first-order chi connectivity index (χ1) is 19.8. The first-order valence-corrected chi connectivity index (χ1v) is 13.1. The van der Waals surface area contributed by atoms with Crippen molar-refractivity contribution in [3.05, 3.63) is 82.4 Å². The van der Waals surface area contributed by atoms with E-state index in [9.17, 15) is 45.4 Å². The van der Waals surface area contributed by atoms with E-state index in [1.807, 2.05) is 0 Å². The number of aryl methyl sites for hydroxylation is 1. The van der Waals surface area contributed by atoms with E-state index in [2.05, 4.69) is 10.3 Å². The summed E-state index contributed by atoms with van der Waals surface area (Å²) in [4.78, 5) is 30.8. The van der Waals surface area contributed by atoms with Crippen molar-refractivity contribution in [3.63, 3.8) is 0 Å². The molecule has 1 aliphatic heterocycles. The summed E-state index contributed by atoms with van der Waals surface area (Å²) in [6.07, 6.45) is -8.07. The molecule has 2 heterocycles. The topological polar surface area (TPSA) is 82.5 Å². The molecule has 0 spiro atoms. The second-order valence-electron chi connectivity index (χ2n) is 11.1. The molecular formula is C30H28F7N3O3. The molecule has 6 nitrogen and oxygen atoms in total. The third-order valence-corrected chi connectivity index (χ3v) is 7.69. The molecule has 1 aliphatic rings. The first-order valence-electron chi connectivity index (χ1n) is 13.1. The van der Waals surface area contributed by atoms with Crippen LogP contribution in [0.4, 0.5) is 36.4 Å². The van der Waals surface area contributed by atoms with Crippen LogP contribution in [0.5, 0.6) is 0 Å². The number of halogens is 7. The Morgan fingerprint density at radius 1 is 0.907 bits per heavy atom. The number of aromatic nitrogens is 1. The smallest absolute Gasteiger partial charge is 0.416 e. The predicted molar refractivity (Wildman–Crippen MR) is 144 cm³/mol. The highest BCUT2D eigenvalue weighted by Crippen LogP contribution is 2.41. The van der Waals surface area contributed by atoms with Gasteiger partial charge in [-0.2, -0.15) is 26.3 Å². The number of aliphatic carboxylic acids is 1. The number of carbonyl (C=O) groups is 2. The minimum Gasteiger partial charge on any atom is -0.480 e. The SMILES string of the molecule is Cc1cc(F)ccc1-c1cc([C@H]2CCC(C(=O)O)N2)ncc1N(C)C(=O)C(C)(C)c1cc(C(F)(F)F)cc(C(F)(F)F)c1. The lowest BCUT2D eigenvalue weighted by molar-refractivity contribution is -0.143. The summed E-state index contributed by atoms with van der Waals surface area (Å²) in [5.41, 5.74) is -3.49. The van der Waals surface area contributed by atoms with Crippen molar-refractivity contribution in [3.8, 4) is 11.1 Å². The molecule has 0 aliphatic carbocycles. The van der Waals surface area contributed by atoms with Crippen molar-refractivity contribution in [2.24, 2.45) is 0 Å². The van der Waals surface area contributed by atoms with Gasteiger partial charge in [0.2, 0.25) is 5.91 Å². The van der Waals surface area contributed by atoms with E-state index in [1.165, 1.54) is 45.3 Å². The number of carboxylic acids is 1. The van der Waals surface area contributed by atoms with E-state index < -0.39 is 64.2 Å². The van der Waals surface area contributed by atoms with Crippen LogP contribution in [-0.2, 0) is 27.4 Å². The number of carbonyl (C=O) groups excluding carboxylic acids is 1. The molecule has 0 saturated carbocycles. The lowest BCUT2D eigenvalue weighted by atomic mass is 9.81. The second-order valence-corrected chi connectivity index (χ2v) is 11.1. The summed E-state index contributed by atoms with van der Waals surface area (Å²) in [5, 5.41) is 12.3. The number of hydrogen-bond donors (Lipinski definition) is 2. The largest absolute Gasteiger partial charge is 0.480 e. The Morgan fingerprint density at radius 3 is 2.00 bits per heavy atom. The van der Waals surface area contributed by atoms with E-state index in [0.29, 0.717) is 47.4 Å². The molecule has 230 valence electrons. The first kappa shape index (κ1) is 31.9. The number of carboxylic acid groups (broad SMARTS) is 1. The molecule has 0 radical (unpaired) electrons. The van der Waals surface area contributed by atoms with E-state index >= 15 is 0 Å². The van der Waals surface area contributed by atoms with Gasteiger partial charge in [0.25, 0.3) is 0 Å². The Labute approximate surface area is 242 Å². The van der Waals surface area contributed by atoms with Gasteiger partial charge >= 0.3 is 18.3 Å². The number of anilines is 1. The molecule has 4 rings (SSSR count). The fourth-order valence-electron chi connectivity index (χ4n) is 5.21. The zero-order valence-electron chi connectivity index (χ0n) is 23.5. The highest BCUT2D eigenvalue weighted by atomic mass is 19.4. The van der Waals surface area contributed by atoms with Crippen LogP contribution in [0.25, 0.3) is 11.1 Å². The lowest BCUT2D eigenvalue weighted by Crippen LogP contribution is -2.42. The molecule has 2 aromatic carbocycles. The zero-order valence-corrected chi connectivity index (χ0v) is 23.5. The van der Waals surface area contributed by atoms with Crippen molar-refractivity contribution in [1.29, 1.82) is 0 Å². The normalized spacial score (nSPS) is 17.7. The number of benzene rings is 2. The quantitative estimate of drug-likeness (QED) is 0.292. The van der Waals surface area contributed by atoms with Gasteiger partial charge in [0.1, 0.15) is 11.9 Å². The van der Waals surface area contributed by atoms with Crippen molar-refractivity contribution in [2.75, 3.05) is 11.9 Å². The van der Waals surface area contributed by atoms with Crippen LogP contribution >= 0.6 is 0 Å². The maximum absolute atomic E-state index is 14.0. The summed E-state index contributed by atoms with van der Waals surface area (Å²) in [6, 6.07) is 5.36. The van der Waals surface area contributed by atoms with Crippen LogP contribution in [-0.4, -0.2) is 35.1 Å². The van der Waals surface area contributed by atoms with Gasteiger partial charge in [-0.15, -0.1) is 0 Å². The van der Waals surface area contributed by atoms with Crippen LogP contribution in [0, 0.1) is 12.7 Å². The van der Waals surface area contributed by atoms with Gasteiger partial charge in [0.05, 0.1) is 40.2 Å². The maximum atomic E-state index is 14.0. The van der Waals surface area contributed by atoms with Crippen LogP contribution < -0.4 is 10.2 Å². The van der Waals surface area contributed by atoms with E-state index in [0.717, 1.165) is 4.90 Å². The molecule has 13 heteroatoms. The van der Waals surface area contributed by atoms with Gasteiger partial charge < -0.3 is 10.0 Å². The molecule has 1 fully saturated rings. The Hall–Kier alpha value is -4.00. The lowest BCUT2D eigenvalue weighted by Gasteiger charge is -2.32. The van der Waals surface area contributed by atoms with Crippen LogP contribution in [0.1, 0.15) is 60.7 Å². The number of pyridine rings is 1. The van der Waals surface area contributed by atoms with Crippen LogP contribution in [0.2, 0.25) is 0 Å². The third kappa shape index (κ3) is 6.51. The highest BCUT2D eigenvalue weighted by molar-refractivity contribution is 6.03. The molecule has 2 N–H and O–H groups in total. The number of likely N-dealkylation sites (N-methyl/N-ethyl adjacent to an activating group) is 1. The second kappa shape index (κ2) is 11.3. The molecule has 1 amide bonds. The fourth-order valence-corrected chi connectivity index (χ4v) is 5.21. The van der Waals surface area contributed by atoms with Crippen molar-refractivity contribution >= 4 is 17.6 Å². The van der Waals surface area contributed by atoms with E-state index in [1.54, 1.807) is 13.0 Å².